The summed E-state index contributed by atoms with van der Waals surface area (Å²) in [5.74, 6) is -1.16. The van der Waals surface area contributed by atoms with E-state index in [1.807, 2.05) is 0 Å². The van der Waals surface area contributed by atoms with Crippen molar-refractivity contribution >= 4 is 12.1 Å². The Bertz CT molecular complexity index is 408. The molecule has 7 heteroatoms. The molecular formula is C11H16N2O5. The smallest absolute Gasteiger partial charge is 0.408 e. The summed E-state index contributed by atoms with van der Waals surface area (Å²) in [6, 6.07) is -1.11. The SMILES string of the molecule is CC(C)(C)OC(=O)NC(Cc1cocn1)C(=O)O. The van der Waals surface area contributed by atoms with E-state index >= 15 is 0 Å². The van der Waals surface area contributed by atoms with Gasteiger partial charge in [0.05, 0.1) is 5.69 Å². The van der Waals surface area contributed by atoms with Gasteiger partial charge in [-0.25, -0.2) is 14.6 Å². The number of oxazole rings is 1. The topological polar surface area (TPSA) is 102 Å². The number of carboxylic acids is 1. The van der Waals surface area contributed by atoms with Crippen LogP contribution in [0.15, 0.2) is 17.1 Å². The Kier molecular flexibility index (Phi) is 4.30. The van der Waals surface area contributed by atoms with Crippen molar-refractivity contribution in [3.05, 3.63) is 18.4 Å². The van der Waals surface area contributed by atoms with Crippen molar-refractivity contribution < 1.29 is 23.8 Å². The molecular weight excluding hydrogens is 240 g/mol. The minimum absolute atomic E-state index is 0.0328. The Morgan fingerprint density at radius 1 is 1.56 bits per heavy atom. The third-order valence-electron chi connectivity index (χ3n) is 1.89. The van der Waals surface area contributed by atoms with Crippen LogP contribution in [0, 0.1) is 0 Å². The van der Waals surface area contributed by atoms with Gasteiger partial charge < -0.3 is 19.6 Å². The molecule has 1 aromatic heterocycles. The molecule has 1 heterocycles. The number of ether oxygens (including phenoxy) is 1. The van der Waals surface area contributed by atoms with Gasteiger partial charge in [-0.2, -0.15) is 0 Å². The molecule has 0 aliphatic carbocycles. The third-order valence-corrected chi connectivity index (χ3v) is 1.89. The zero-order chi connectivity index (χ0) is 13.8. The average Bonchev–Trinajstić information content (AvgIpc) is 2.66. The predicted octanol–water partition coefficient (Wildman–Crippen LogP) is 1.19. The molecule has 7 nitrogen and oxygen atoms in total. The van der Waals surface area contributed by atoms with Crippen LogP contribution in [0.3, 0.4) is 0 Å². The second kappa shape index (κ2) is 5.52. The van der Waals surface area contributed by atoms with E-state index in [1.165, 1.54) is 12.7 Å². The van der Waals surface area contributed by atoms with Crippen molar-refractivity contribution in [3.8, 4) is 0 Å². The molecule has 1 amide bonds. The number of alkyl carbamates (subject to hydrolysis) is 1. The minimum atomic E-state index is -1.16. The summed E-state index contributed by atoms with van der Waals surface area (Å²) in [4.78, 5) is 26.3. The summed E-state index contributed by atoms with van der Waals surface area (Å²) >= 11 is 0. The number of carboxylic acid groups (broad SMARTS) is 1. The summed E-state index contributed by atoms with van der Waals surface area (Å²) < 4.78 is 9.71. The molecule has 0 aliphatic rings. The highest BCUT2D eigenvalue weighted by molar-refractivity contribution is 5.80. The molecule has 1 unspecified atom stereocenters. The lowest BCUT2D eigenvalue weighted by Gasteiger charge is -2.21. The van der Waals surface area contributed by atoms with Crippen LogP contribution in [-0.4, -0.2) is 33.8 Å². The van der Waals surface area contributed by atoms with Gasteiger partial charge >= 0.3 is 12.1 Å². The highest BCUT2D eigenvalue weighted by Gasteiger charge is 2.24. The zero-order valence-corrected chi connectivity index (χ0v) is 10.5. The van der Waals surface area contributed by atoms with Crippen LogP contribution in [0.4, 0.5) is 4.79 Å². The number of hydrogen-bond donors (Lipinski definition) is 2. The van der Waals surface area contributed by atoms with E-state index < -0.39 is 23.7 Å². The second-order valence-corrected chi connectivity index (χ2v) is 4.72. The number of aliphatic carboxylic acids is 1. The number of nitrogens with zero attached hydrogens (tertiary/aromatic N) is 1. The molecule has 0 saturated carbocycles. The Balaban J connectivity index is 2.58. The molecule has 0 saturated heterocycles. The first-order valence-electron chi connectivity index (χ1n) is 5.37. The van der Waals surface area contributed by atoms with Crippen LogP contribution in [0.25, 0.3) is 0 Å². The first kappa shape index (κ1) is 14.0. The first-order valence-corrected chi connectivity index (χ1v) is 5.37. The van der Waals surface area contributed by atoms with Crippen LogP contribution < -0.4 is 5.32 Å². The van der Waals surface area contributed by atoms with Crippen LogP contribution in [0.2, 0.25) is 0 Å². The van der Waals surface area contributed by atoms with Crippen LogP contribution in [0.1, 0.15) is 26.5 Å². The van der Waals surface area contributed by atoms with Gasteiger partial charge in [-0.1, -0.05) is 0 Å². The number of carbonyl (C=O) groups excluding carboxylic acids is 1. The summed E-state index contributed by atoms with van der Waals surface area (Å²) in [7, 11) is 0. The van der Waals surface area contributed by atoms with Crippen molar-refractivity contribution in [2.24, 2.45) is 0 Å². The lowest BCUT2D eigenvalue weighted by atomic mass is 10.1. The third kappa shape index (κ3) is 4.86. The van der Waals surface area contributed by atoms with Gasteiger partial charge in [0.2, 0.25) is 0 Å². The predicted molar refractivity (Wildman–Crippen MR) is 61.0 cm³/mol. The summed E-state index contributed by atoms with van der Waals surface area (Å²) in [6.45, 7) is 5.08. The Morgan fingerprint density at radius 2 is 2.22 bits per heavy atom. The molecule has 1 atom stereocenters. The van der Waals surface area contributed by atoms with Crippen LogP contribution in [-0.2, 0) is 16.0 Å². The monoisotopic (exact) mass is 256 g/mol. The van der Waals surface area contributed by atoms with E-state index in [-0.39, 0.29) is 6.42 Å². The second-order valence-electron chi connectivity index (χ2n) is 4.72. The highest BCUT2D eigenvalue weighted by atomic mass is 16.6. The van der Waals surface area contributed by atoms with E-state index in [1.54, 1.807) is 20.8 Å². The molecule has 0 fully saturated rings. The quantitative estimate of drug-likeness (QED) is 0.839. The number of amides is 1. The van der Waals surface area contributed by atoms with E-state index in [0.29, 0.717) is 5.69 Å². The number of rotatable bonds is 4. The fourth-order valence-electron chi connectivity index (χ4n) is 1.20. The van der Waals surface area contributed by atoms with Crippen molar-refractivity contribution in [1.82, 2.24) is 10.3 Å². The number of aromatic nitrogens is 1. The normalized spacial score (nSPS) is 12.8. The van der Waals surface area contributed by atoms with E-state index in [4.69, 9.17) is 14.3 Å². The molecule has 0 radical (unpaired) electrons. The summed E-state index contributed by atoms with van der Waals surface area (Å²) in [5, 5.41) is 11.3. The van der Waals surface area contributed by atoms with Gasteiger partial charge in [-0.05, 0) is 20.8 Å². The number of carbonyl (C=O) groups is 2. The minimum Gasteiger partial charge on any atom is -0.480 e. The molecule has 1 aromatic rings. The molecule has 0 aliphatic heterocycles. The van der Waals surface area contributed by atoms with E-state index in [9.17, 15) is 9.59 Å². The summed E-state index contributed by atoms with van der Waals surface area (Å²) in [6.07, 6.45) is 1.78. The fourth-order valence-corrected chi connectivity index (χ4v) is 1.20. The molecule has 2 N–H and O–H groups in total. The van der Waals surface area contributed by atoms with Gasteiger partial charge in [-0.3, -0.25) is 0 Å². The van der Waals surface area contributed by atoms with Gasteiger partial charge in [0.15, 0.2) is 6.39 Å². The van der Waals surface area contributed by atoms with Crippen LogP contribution in [0.5, 0.6) is 0 Å². The molecule has 18 heavy (non-hydrogen) atoms. The van der Waals surface area contributed by atoms with Crippen molar-refractivity contribution in [2.45, 2.75) is 38.8 Å². The molecule has 0 spiro atoms. The van der Waals surface area contributed by atoms with Crippen molar-refractivity contribution in [3.63, 3.8) is 0 Å². The lowest BCUT2D eigenvalue weighted by Crippen LogP contribution is -2.44. The first-order chi connectivity index (χ1) is 8.28. The molecule has 0 aromatic carbocycles. The highest BCUT2D eigenvalue weighted by Crippen LogP contribution is 2.08. The Morgan fingerprint density at radius 3 is 2.67 bits per heavy atom. The number of hydrogen-bond acceptors (Lipinski definition) is 5. The fraction of sp³-hybridized carbons (Fsp3) is 0.545. The van der Waals surface area contributed by atoms with Gasteiger partial charge in [0.1, 0.15) is 17.9 Å². The van der Waals surface area contributed by atoms with Crippen LogP contribution >= 0.6 is 0 Å². The van der Waals surface area contributed by atoms with Crippen molar-refractivity contribution in [1.29, 1.82) is 0 Å². The van der Waals surface area contributed by atoms with Gasteiger partial charge in [0.25, 0.3) is 0 Å². The largest absolute Gasteiger partial charge is 0.480 e. The van der Waals surface area contributed by atoms with E-state index in [0.717, 1.165) is 0 Å². The maximum Gasteiger partial charge on any atom is 0.408 e. The lowest BCUT2D eigenvalue weighted by molar-refractivity contribution is -0.139. The average molecular weight is 256 g/mol. The maximum atomic E-state index is 11.5. The zero-order valence-electron chi connectivity index (χ0n) is 10.5. The van der Waals surface area contributed by atoms with Crippen molar-refractivity contribution in [2.75, 3.05) is 0 Å². The molecule has 1 rings (SSSR count). The van der Waals surface area contributed by atoms with Gasteiger partial charge in [-0.15, -0.1) is 0 Å². The maximum absolute atomic E-state index is 11.5. The Hall–Kier alpha value is -2.05. The molecule has 0 bridgehead atoms. The van der Waals surface area contributed by atoms with Gasteiger partial charge in [0, 0.05) is 6.42 Å². The molecule has 100 valence electrons. The van der Waals surface area contributed by atoms with E-state index in [2.05, 4.69) is 10.3 Å². The number of nitrogens with one attached hydrogen (secondary N) is 1. The Labute approximate surface area is 104 Å². The summed E-state index contributed by atoms with van der Waals surface area (Å²) in [5.41, 5.74) is -0.237. The standard InChI is InChI=1S/C11H16N2O5/c1-11(2,3)18-10(16)13-8(9(14)15)4-7-5-17-6-12-7/h5-6,8H,4H2,1-3H3,(H,13,16)(H,14,15).